The normalized spacial score (nSPS) is 20.1. The molecule has 4 rings (SSSR count). The zero-order valence-electron chi connectivity index (χ0n) is 18.8. The molecule has 2 fully saturated rings. The van der Waals surface area contributed by atoms with Crippen molar-refractivity contribution in [1.82, 2.24) is 20.3 Å². The molecule has 1 aromatic heterocycles. The van der Waals surface area contributed by atoms with Gasteiger partial charge in [-0.25, -0.2) is 0 Å². The van der Waals surface area contributed by atoms with E-state index in [-0.39, 0.29) is 5.41 Å². The largest absolute Gasteiger partial charge is 0.381 e. The van der Waals surface area contributed by atoms with Crippen molar-refractivity contribution in [1.29, 1.82) is 0 Å². The van der Waals surface area contributed by atoms with Gasteiger partial charge in [-0.3, -0.25) is 9.89 Å². The lowest BCUT2D eigenvalue weighted by Crippen LogP contribution is -2.52. The van der Waals surface area contributed by atoms with Crippen LogP contribution in [0.3, 0.4) is 0 Å². The Hall–Kier alpha value is -2.38. The van der Waals surface area contributed by atoms with E-state index in [9.17, 15) is 0 Å². The van der Waals surface area contributed by atoms with Gasteiger partial charge < -0.3 is 19.5 Å². The maximum absolute atomic E-state index is 5.72. The predicted molar refractivity (Wildman–Crippen MR) is 122 cm³/mol. The van der Waals surface area contributed by atoms with Gasteiger partial charge in [0.15, 0.2) is 5.96 Å². The molecule has 0 atom stereocenters. The van der Waals surface area contributed by atoms with Gasteiger partial charge in [-0.1, -0.05) is 29.4 Å². The molecule has 2 aliphatic rings. The van der Waals surface area contributed by atoms with Crippen LogP contribution in [0.5, 0.6) is 0 Å². The van der Waals surface area contributed by atoms with Crippen LogP contribution in [0.25, 0.3) is 0 Å². The van der Waals surface area contributed by atoms with E-state index in [2.05, 4.69) is 58.4 Å². The Bertz CT molecular complexity index is 837. The van der Waals surface area contributed by atoms with Crippen molar-refractivity contribution in [3.63, 3.8) is 0 Å². The number of ether oxygens (including phenoxy) is 1. The Morgan fingerprint density at radius 3 is 2.58 bits per heavy atom. The van der Waals surface area contributed by atoms with Crippen LogP contribution in [-0.4, -0.2) is 73.4 Å². The molecule has 31 heavy (non-hydrogen) atoms. The first kappa shape index (κ1) is 21.8. The van der Waals surface area contributed by atoms with Crippen LogP contribution >= 0.6 is 0 Å². The zero-order chi connectivity index (χ0) is 21.5. The topological polar surface area (TPSA) is 66.1 Å². The fraction of sp³-hybridized carbons (Fsp3) is 0.583. The molecule has 2 saturated heterocycles. The van der Waals surface area contributed by atoms with Gasteiger partial charge in [0, 0.05) is 64.0 Å². The highest BCUT2D eigenvalue weighted by Crippen LogP contribution is 2.37. The molecule has 3 heterocycles. The summed E-state index contributed by atoms with van der Waals surface area (Å²) in [7, 11) is 0. The number of benzene rings is 1. The number of nitrogens with zero attached hydrogens (tertiary/aromatic N) is 4. The average molecular weight is 426 g/mol. The summed E-state index contributed by atoms with van der Waals surface area (Å²) in [5, 5.41) is 7.58. The third-order valence-corrected chi connectivity index (χ3v) is 6.58. The summed E-state index contributed by atoms with van der Waals surface area (Å²) in [4.78, 5) is 10.00. The van der Waals surface area contributed by atoms with E-state index in [1.807, 2.05) is 6.07 Å². The van der Waals surface area contributed by atoms with E-state index in [0.29, 0.717) is 0 Å². The molecule has 0 amide bonds. The van der Waals surface area contributed by atoms with Crippen LogP contribution in [0.4, 0.5) is 0 Å². The van der Waals surface area contributed by atoms with E-state index < -0.39 is 0 Å². The van der Waals surface area contributed by atoms with Crippen molar-refractivity contribution in [2.75, 3.05) is 52.5 Å². The summed E-state index contributed by atoms with van der Waals surface area (Å²) in [5.41, 5.74) is 3.83. The quantitative estimate of drug-likeness (QED) is 0.567. The summed E-state index contributed by atoms with van der Waals surface area (Å²) in [6.07, 6.45) is 3.68. The third kappa shape index (κ3) is 5.28. The van der Waals surface area contributed by atoms with Crippen LogP contribution in [0, 0.1) is 6.92 Å². The summed E-state index contributed by atoms with van der Waals surface area (Å²) in [6.45, 7) is 12.4. The van der Waals surface area contributed by atoms with E-state index >= 15 is 0 Å². The van der Waals surface area contributed by atoms with Crippen LogP contribution in [-0.2, 0) is 16.7 Å². The van der Waals surface area contributed by atoms with Gasteiger partial charge in [0.05, 0.1) is 12.2 Å². The Balaban J connectivity index is 1.45. The minimum absolute atomic E-state index is 0.0546. The fourth-order valence-corrected chi connectivity index (χ4v) is 4.76. The molecule has 0 unspecified atom stereocenters. The minimum Gasteiger partial charge on any atom is -0.381 e. The Morgan fingerprint density at radius 2 is 1.90 bits per heavy atom. The number of nitrogens with one attached hydrogen (secondary N) is 1. The van der Waals surface area contributed by atoms with Crippen molar-refractivity contribution in [2.45, 2.75) is 38.6 Å². The molecular weight excluding hydrogens is 390 g/mol. The van der Waals surface area contributed by atoms with Crippen molar-refractivity contribution < 1.29 is 9.26 Å². The number of aromatic nitrogens is 1. The summed E-state index contributed by atoms with van der Waals surface area (Å²) in [6, 6.07) is 10.7. The highest BCUT2D eigenvalue weighted by molar-refractivity contribution is 5.80. The summed E-state index contributed by atoms with van der Waals surface area (Å²) < 4.78 is 10.7. The molecule has 0 aliphatic carbocycles. The minimum atomic E-state index is 0.0546. The second-order valence-electron chi connectivity index (χ2n) is 8.63. The van der Waals surface area contributed by atoms with Crippen LogP contribution in [0.1, 0.15) is 36.6 Å². The molecule has 0 radical (unpaired) electrons. The predicted octanol–water partition coefficient (Wildman–Crippen LogP) is 2.81. The number of rotatable bonds is 6. The lowest BCUT2D eigenvalue weighted by molar-refractivity contribution is 0.0527. The second kappa shape index (κ2) is 10.3. The molecule has 1 aromatic carbocycles. The van der Waals surface area contributed by atoms with Gasteiger partial charge in [0.1, 0.15) is 6.26 Å². The van der Waals surface area contributed by atoms with Gasteiger partial charge in [0.2, 0.25) is 0 Å². The second-order valence-corrected chi connectivity index (χ2v) is 8.63. The van der Waals surface area contributed by atoms with E-state index in [4.69, 9.17) is 14.3 Å². The molecule has 168 valence electrons. The van der Waals surface area contributed by atoms with Gasteiger partial charge >= 0.3 is 0 Å². The third-order valence-electron chi connectivity index (χ3n) is 6.58. The molecule has 7 heteroatoms. The zero-order valence-corrected chi connectivity index (χ0v) is 18.8. The Kier molecular flexibility index (Phi) is 7.25. The van der Waals surface area contributed by atoms with Crippen molar-refractivity contribution >= 4 is 5.96 Å². The Morgan fingerprint density at radius 1 is 1.13 bits per heavy atom. The number of piperazine rings is 1. The maximum atomic E-state index is 5.72. The van der Waals surface area contributed by atoms with Crippen LogP contribution in [0.15, 0.2) is 46.1 Å². The molecule has 7 nitrogen and oxygen atoms in total. The van der Waals surface area contributed by atoms with Crippen LogP contribution in [0.2, 0.25) is 0 Å². The van der Waals surface area contributed by atoms with Crippen molar-refractivity contribution in [2.24, 2.45) is 4.99 Å². The molecule has 0 saturated carbocycles. The fourth-order valence-electron chi connectivity index (χ4n) is 4.76. The van der Waals surface area contributed by atoms with Crippen molar-refractivity contribution in [3.8, 4) is 0 Å². The lowest BCUT2D eigenvalue weighted by Gasteiger charge is -2.39. The van der Waals surface area contributed by atoms with Gasteiger partial charge in [-0.2, -0.15) is 0 Å². The van der Waals surface area contributed by atoms with Gasteiger partial charge in [-0.15, -0.1) is 0 Å². The SMILES string of the molecule is CCNC(=NCC1(c2ccccc2C)CCOCC1)N1CCN(Cc2ccon2)CC1. The van der Waals surface area contributed by atoms with E-state index in [1.165, 1.54) is 11.1 Å². The van der Waals surface area contributed by atoms with Gasteiger partial charge in [0.25, 0.3) is 0 Å². The molecule has 1 N–H and O–H groups in total. The van der Waals surface area contributed by atoms with Crippen LogP contribution < -0.4 is 5.32 Å². The molecule has 0 spiro atoms. The number of aryl methyl sites for hydroxylation is 1. The molecule has 0 bridgehead atoms. The lowest BCUT2D eigenvalue weighted by atomic mass is 9.72. The number of aliphatic imine (C=N–C) groups is 1. The first-order valence-electron chi connectivity index (χ1n) is 11.5. The van der Waals surface area contributed by atoms with E-state index in [0.717, 1.165) is 83.5 Å². The van der Waals surface area contributed by atoms with Crippen molar-refractivity contribution in [3.05, 3.63) is 53.4 Å². The number of guanidine groups is 1. The highest BCUT2D eigenvalue weighted by Gasteiger charge is 2.35. The average Bonchev–Trinajstić information content (AvgIpc) is 3.31. The Labute approximate surface area is 185 Å². The summed E-state index contributed by atoms with van der Waals surface area (Å²) >= 11 is 0. The molecule has 2 aromatic rings. The maximum Gasteiger partial charge on any atom is 0.194 e. The standard InChI is InChI=1S/C24H35N5O2/c1-3-25-23(29-13-11-28(12-14-29)18-21-8-15-31-27-21)26-19-24(9-16-30-17-10-24)22-7-5-4-6-20(22)2/h4-8,15H,3,9-14,16-19H2,1-2H3,(H,25,26). The smallest absolute Gasteiger partial charge is 0.194 e. The van der Waals surface area contributed by atoms with Gasteiger partial charge in [-0.05, 0) is 37.8 Å². The number of hydrogen-bond donors (Lipinski definition) is 1. The number of hydrogen-bond acceptors (Lipinski definition) is 5. The first-order valence-corrected chi connectivity index (χ1v) is 11.5. The first-order chi connectivity index (χ1) is 15.2. The molecular formula is C24H35N5O2. The molecule has 2 aliphatic heterocycles. The monoisotopic (exact) mass is 425 g/mol. The highest BCUT2D eigenvalue weighted by atomic mass is 16.5. The summed E-state index contributed by atoms with van der Waals surface area (Å²) in [5.74, 6) is 1.03. The van der Waals surface area contributed by atoms with E-state index in [1.54, 1.807) is 6.26 Å².